The van der Waals surface area contributed by atoms with E-state index in [4.69, 9.17) is 14.2 Å². The fourth-order valence-electron chi connectivity index (χ4n) is 3.86. The maximum atomic E-state index is 14.3. The van der Waals surface area contributed by atoms with Gasteiger partial charge < -0.3 is 30.0 Å². The molecule has 2 amide bonds. The first-order valence-electron chi connectivity index (χ1n) is 13.2. The summed E-state index contributed by atoms with van der Waals surface area (Å²) in [6.07, 6.45) is 1.71. The van der Waals surface area contributed by atoms with E-state index in [0.717, 1.165) is 0 Å². The summed E-state index contributed by atoms with van der Waals surface area (Å²) < 4.78 is 32.1. The molecule has 0 saturated heterocycles. The molecule has 222 valence electrons. The molecule has 0 fully saturated rings. The standard InChI is InChI=1S/C29H33FN6O6/c1-18(22-14-19(30)10-11-24(22)40-17-20(16-37)33-28(39)42-29(2,3)4)32-25-12-13-36-26(35-25)23(15-31-36)34-27(38)41-21-8-6-5-7-9-21/h5-15,18,20,37H,16-17H2,1-4H3,(H,32,35)(H,33,39)(H,34,38)/t18-,20?/m1/s1. The molecule has 2 aromatic carbocycles. The predicted octanol–water partition coefficient (Wildman–Crippen LogP) is 4.92. The molecule has 42 heavy (non-hydrogen) atoms. The fourth-order valence-corrected chi connectivity index (χ4v) is 3.86. The zero-order valence-corrected chi connectivity index (χ0v) is 23.6. The summed E-state index contributed by atoms with van der Waals surface area (Å²) in [5.74, 6) is 0.677. The zero-order chi connectivity index (χ0) is 30.3. The molecule has 2 aromatic heterocycles. The number of alkyl carbamates (subject to hydrolysis) is 1. The third kappa shape index (κ3) is 8.30. The van der Waals surface area contributed by atoms with E-state index in [-0.39, 0.29) is 6.61 Å². The van der Waals surface area contributed by atoms with Crippen LogP contribution in [0.15, 0.2) is 67.0 Å². The highest BCUT2D eigenvalue weighted by Gasteiger charge is 2.21. The van der Waals surface area contributed by atoms with Crippen LogP contribution in [0, 0.1) is 5.82 Å². The van der Waals surface area contributed by atoms with E-state index in [9.17, 15) is 19.1 Å². The van der Waals surface area contributed by atoms with Gasteiger partial charge >= 0.3 is 12.2 Å². The number of benzene rings is 2. The molecular weight excluding hydrogens is 547 g/mol. The van der Waals surface area contributed by atoms with Gasteiger partial charge in [0.05, 0.1) is 24.9 Å². The summed E-state index contributed by atoms with van der Waals surface area (Å²) in [7, 11) is 0. The molecule has 0 spiro atoms. The van der Waals surface area contributed by atoms with Crippen LogP contribution in [-0.2, 0) is 4.74 Å². The van der Waals surface area contributed by atoms with E-state index >= 15 is 0 Å². The lowest BCUT2D eigenvalue weighted by Gasteiger charge is -2.24. The van der Waals surface area contributed by atoms with Gasteiger partial charge in [-0.25, -0.2) is 23.5 Å². The molecule has 0 saturated carbocycles. The highest BCUT2D eigenvalue weighted by Crippen LogP contribution is 2.29. The number of nitrogens with one attached hydrogen (secondary N) is 3. The van der Waals surface area contributed by atoms with E-state index in [1.807, 2.05) is 6.07 Å². The van der Waals surface area contributed by atoms with Crippen LogP contribution in [0.4, 0.5) is 25.5 Å². The Labute approximate surface area is 241 Å². The van der Waals surface area contributed by atoms with Gasteiger partial charge in [-0.05, 0) is 64.1 Å². The number of anilines is 2. The minimum Gasteiger partial charge on any atom is -0.491 e. The molecule has 0 aliphatic carbocycles. The Morgan fingerprint density at radius 1 is 1.10 bits per heavy atom. The van der Waals surface area contributed by atoms with Crippen molar-refractivity contribution in [2.75, 3.05) is 23.8 Å². The Hall–Kier alpha value is -4.91. The lowest BCUT2D eigenvalue weighted by molar-refractivity contribution is 0.0458. The third-order valence-electron chi connectivity index (χ3n) is 5.74. The number of nitrogens with zero attached hydrogens (tertiary/aromatic N) is 3. The lowest BCUT2D eigenvalue weighted by atomic mass is 10.1. The molecule has 12 nitrogen and oxygen atoms in total. The smallest absolute Gasteiger partial charge is 0.417 e. The molecule has 2 heterocycles. The number of hydrogen-bond acceptors (Lipinski definition) is 9. The Morgan fingerprint density at radius 3 is 2.57 bits per heavy atom. The highest BCUT2D eigenvalue weighted by molar-refractivity contribution is 5.90. The normalized spacial score (nSPS) is 12.7. The van der Waals surface area contributed by atoms with Gasteiger partial charge in [-0.15, -0.1) is 0 Å². The van der Waals surface area contributed by atoms with Crippen molar-refractivity contribution in [3.8, 4) is 11.5 Å². The topological polar surface area (TPSA) is 148 Å². The van der Waals surface area contributed by atoms with Crippen molar-refractivity contribution in [2.24, 2.45) is 0 Å². The summed E-state index contributed by atoms with van der Waals surface area (Å²) in [4.78, 5) is 29.0. The number of carbonyl (C=O) groups excluding carboxylic acids is 2. The quantitative estimate of drug-likeness (QED) is 0.205. The number of fused-ring (bicyclic) bond motifs is 1. The Kier molecular flexibility index (Phi) is 9.42. The number of carbonyl (C=O) groups is 2. The second-order valence-corrected chi connectivity index (χ2v) is 10.4. The van der Waals surface area contributed by atoms with Crippen LogP contribution in [0.3, 0.4) is 0 Å². The van der Waals surface area contributed by atoms with Gasteiger partial charge in [-0.2, -0.15) is 5.10 Å². The largest absolute Gasteiger partial charge is 0.491 e. The molecule has 1 unspecified atom stereocenters. The molecule has 0 bridgehead atoms. The third-order valence-corrected chi connectivity index (χ3v) is 5.74. The summed E-state index contributed by atoms with van der Waals surface area (Å²) in [5.41, 5.74) is 0.456. The Balaban J connectivity index is 1.44. The second-order valence-electron chi connectivity index (χ2n) is 10.4. The number of ether oxygens (including phenoxy) is 3. The Bertz CT molecular complexity index is 1520. The number of hydrogen-bond donors (Lipinski definition) is 4. The molecule has 0 radical (unpaired) electrons. The monoisotopic (exact) mass is 580 g/mol. The van der Waals surface area contributed by atoms with Crippen molar-refractivity contribution in [1.82, 2.24) is 19.9 Å². The molecule has 2 atom stereocenters. The van der Waals surface area contributed by atoms with Crippen molar-refractivity contribution < 1.29 is 33.3 Å². The van der Waals surface area contributed by atoms with Gasteiger partial charge in [0, 0.05) is 11.8 Å². The average Bonchev–Trinajstić information content (AvgIpc) is 3.32. The van der Waals surface area contributed by atoms with Gasteiger partial charge in [-0.3, -0.25) is 5.32 Å². The summed E-state index contributed by atoms with van der Waals surface area (Å²) in [6, 6.07) is 13.1. The predicted molar refractivity (Wildman–Crippen MR) is 153 cm³/mol. The Morgan fingerprint density at radius 2 is 1.86 bits per heavy atom. The highest BCUT2D eigenvalue weighted by atomic mass is 19.1. The van der Waals surface area contributed by atoms with Crippen molar-refractivity contribution in [1.29, 1.82) is 0 Å². The number of para-hydroxylation sites is 1. The van der Waals surface area contributed by atoms with E-state index in [2.05, 4.69) is 26.0 Å². The fraction of sp³-hybridized carbons (Fsp3) is 0.310. The van der Waals surface area contributed by atoms with Crippen LogP contribution < -0.4 is 25.4 Å². The van der Waals surface area contributed by atoms with Crippen LogP contribution in [0.1, 0.15) is 39.3 Å². The van der Waals surface area contributed by atoms with Crippen LogP contribution in [-0.4, -0.2) is 56.7 Å². The first-order chi connectivity index (χ1) is 20.0. The van der Waals surface area contributed by atoms with Gasteiger partial charge in [0.25, 0.3) is 0 Å². The van der Waals surface area contributed by atoms with Gasteiger partial charge in [0.15, 0.2) is 5.65 Å². The molecular formula is C29H33FN6O6. The van der Waals surface area contributed by atoms with E-state index in [1.165, 1.54) is 28.9 Å². The van der Waals surface area contributed by atoms with E-state index < -0.39 is 42.3 Å². The molecule has 4 N–H and O–H groups in total. The SMILES string of the molecule is C[C@@H](Nc1ccn2ncc(NC(=O)Oc3ccccc3)c2n1)c1cc(F)ccc1OCC(CO)NC(=O)OC(C)(C)C. The summed E-state index contributed by atoms with van der Waals surface area (Å²) >= 11 is 0. The van der Waals surface area contributed by atoms with Gasteiger partial charge in [0.1, 0.15) is 41.0 Å². The van der Waals surface area contributed by atoms with Crippen LogP contribution in [0.5, 0.6) is 11.5 Å². The van der Waals surface area contributed by atoms with E-state index in [1.54, 1.807) is 64.2 Å². The van der Waals surface area contributed by atoms with Crippen molar-refractivity contribution in [3.63, 3.8) is 0 Å². The summed E-state index contributed by atoms with van der Waals surface area (Å²) in [5, 5.41) is 22.3. The summed E-state index contributed by atoms with van der Waals surface area (Å²) in [6.45, 7) is 6.50. The van der Waals surface area contributed by atoms with E-state index in [0.29, 0.717) is 34.2 Å². The van der Waals surface area contributed by atoms with Crippen molar-refractivity contribution in [3.05, 3.63) is 78.4 Å². The molecule has 13 heteroatoms. The van der Waals surface area contributed by atoms with Crippen molar-refractivity contribution in [2.45, 2.75) is 45.4 Å². The second kappa shape index (κ2) is 13.2. The minimum absolute atomic E-state index is 0.0881. The van der Waals surface area contributed by atoms with Crippen LogP contribution >= 0.6 is 0 Å². The molecule has 4 aromatic rings. The average molecular weight is 581 g/mol. The first kappa shape index (κ1) is 30.1. The number of aliphatic hydroxyl groups excluding tert-OH is 1. The number of amides is 2. The number of halogens is 1. The lowest BCUT2D eigenvalue weighted by Crippen LogP contribution is -2.44. The first-order valence-corrected chi connectivity index (χ1v) is 13.2. The minimum atomic E-state index is -0.758. The van der Waals surface area contributed by atoms with Crippen LogP contribution in [0.2, 0.25) is 0 Å². The van der Waals surface area contributed by atoms with Gasteiger partial charge in [0.2, 0.25) is 0 Å². The number of rotatable bonds is 10. The van der Waals surface area contributed by atoms with Gasteiger partial charge in [-0.1, -0.05) is 18.2 Å². The maximum Gasteiger partial charge on any atom is 0.417 e. The number of aromatic nitrogens is 3. The van der Waals surface area contributed by atoms with Crippen molar-refractivity contribution >= 4 is 29.3 Å². The molecule has 4 rings (SSSR count). The van der Waals surface area contributed by atoms with Crippen LogP contribution in [0.25, 0.3) is 5.65 Å². The zero-order valence-electron chi connectivity index (χ0n) is 23.6. The molecule has 0 aliphatic rings. The maximum absolute atomic E-state index is 14.3. The number of aliphatic hydroxyl groups is 1. The molecule has 0 aliphatic heterocycles.